The van der Waals surface area contributed by atoms with Crippen molar-refractivity contribution < 1.29 is 19.1 Å². The van der Waals surface area contributed by atoms with Gasteiger partial charge in [0.15, 0.2) is 6.61 Å². The van der Waals surface area contributed by atoms with Crippen LogP contribution in [0.4, 0.5) is 0 Å². The third-order valence-electron chi connectivity index (χ3n) is 4.81. The van der Waals surface area contributed by atoms with Crippen molar-refractivity contribution in [2.24, 2.45) is 0 Å². The Labute approximate surface area is 179 Å². The van der Waals surface area contributed by atoms with Crippen molar-refractivity contribution in [1.29, 1.82) is 0 Å². The molecule has 1 atom stereocenters. The van der Waals surface area contributed by atoms with E-state index in [1.54, 1.807) is 12.0 Å². The number of rotatable bonds is 11. The first kappa shape index (κ1) is 23.3. The lowest BCUT2D eigenvalue weighted by molar-refractivity contribution is -0.143. The number of carbonyl (C=O) groups is 2. The maximum Gasteiger partial charge on any atom is 0.261 e. The number of benzene rings is 2. The maximum absolute atomic E-state index is 13.1. The van der Waals surface area contributed by atoms with Gasteiger partial charge in [-0.15, -0.1) is 0 Å². The van der Waals surface area contributed by atoms with E-state index in [1.165, 1.54) is 0 Å². The second-order valence-corrected chi connectivity index (χ2v) is 7.19. The van der Waals surface area contributed by atoms with Gasteiger partial charge in [-0.2, -0.15) is 0 Å². The number of methoxy groups -OCH3 is 1. The van der Waals surface area contributed by atoms with E-state index in [-0.39, 0.29) is 18.4 Å². The highest BCUT2D eigenvalue weighted by Gasteiger charge is 2.28. The minimum absolute atomic E-state index is 0.134. The number of carbonyl (C=O) groups excluding carboxylic acids is 2. The van der Waals surface area contributed by atoms with Gasteiger partial charge in [0.1, 0.15) is 17.5 Å². The first-order chi connectivity index (χ1) is 14.5. The summed E-state index contributed by atoms with van der Waals surface area (Å²) in [6.07, 6.45) is 1.35. The molecule has 30 heavy (non-hydrogen) atoms. The highest BCUT2D eigenvalue weighted by Crippen LogP contribution is 2.18. The number of amides is 2. The fraction of sp³-hybridized carbons (Fsp3) is 0.417. The van der Waals surface area contributed by atoms with Gasteiger partial charge in [-0.1, -0.05) is 43.7 Å². The number of aryl methyl sites for hydroxylation is 1. The number of nitrogens with one attached hydrogen (secondary N) is 1. The van der Waals surface area contributed by atoms with Crippen molar-refractivity contribution in [1.82, 2.24) is 10.2 Å². The predicted octanol–water partition coefficient (Wildman–Crippen LogP) is 3.72. The lowest BCUT2D eigenvalue weighted by Gasteiger charge is -2.30. The van der Waals surface area contributed by atoms with Crippen LogP contribution in [0.2, 0.25) is 0 Å². The van der Waals surface area contributed by atoms with Crippen molar-refractivity contribution in [3.8, 4) is 11.5 Å². The average Bonchev–Trinajstić information content (AvgIpc) is 2.77. The van der Waals surface area contributed by atoms with Crippen LogP contribution in [0, 0.1) is 6.92 Å². The van der Waals surface area contributed by atoms with Crippen LogP contribution in [0.5, 0.6) is 11.5 Å². The molecule has 0 aliphatic heterocycles. The molecule has 2 amide bonds. The van der Waals surface area contributed by atoms with E-state index < -0.39 is 6.04 Å². The van der Waals surface area contributed by atoms with Crippen molar-refractivity contribution in [2.75, 3.05) is 20.3 Å². The van der Waals surface area contributed by atoms with E-state index in [2.05, 4.69) is 5.32 Å². The molecule has 0 fully saturated rings. The van der Waals surface area contributed by atoms with Crippen molar-refractivity contribution >= 4 is 11.8 Å². The Balaban J connectivity index is 2.20. The van der Waals surface area contributed by atoms with Crippen LogP contribution in [0.15, 0.2) is 48.5 Å². The van der Waals surface area contributed by atoms with Crippen LogP contribution in [-0.2, 0) is 16.1 Å². The van der Waals surface area contributed by atoms with Crippen LogP contribution < -0.4 is 14.8 Å². The average molecular weight is 413 g/mol. The summed E-state index contributed by atoms with van der Waals surface area (Å²) in [4.78, 5) is 27.4. The summed E-state index contributed by atoms with van der Waals surface area (Å²) >= 11 is 0. The molecule has 1 N–H and O–H groups in total. The fourth-order valence-electron chi connectivity index (χ4n) is 3.12. The summed E-state index contributed by atoms with van der Waals surface area (Å²) < 4.78 is 11.0. The van der Waals surface area contributed by atoms with Gasteiger partial charge >= 0.3 is 0 Å². The minimum atomic E-state index is -0.572. The van der Waals surface area contributed by atoms with Gasteiger partial charge < -0.3 is 19.7 Å². The zero-order valence-electron chi connectivity index (χ0n) is 18.3. The monoisotopic (exact) mass is 412 g/mol. The van der Waals surface area contributed by atoms with Crippen LogP contribution >= 0.6 is 0 Å². The molecular formula is C24H32N2O4. The summed E-state index contributed by atoms with van der Waals surface area (Å²) in [6.45, 7) is 6.64. The minimum Gasteiger partial charge on any atom is -0.497 e. The number of hydrogen-bond acceptors (Lipinski definition) is 4. The molecule has 6 heteroatoms. The zero-order chi connectivity index (χ0) is 21.9. The normalized spacial score (nSPS) is 11.5. The summed E-state index contributed by atoms with van der Waals surface area (Å²) in [6, 6.07) is 14.5. The first-order valence-electron chi connectivity index (χ1n) is 10.4. The number of ether oxygens (including phenoxy) is 2. The van der Waals surface area contributed by atoms with E-state index >= 15 is 0 Å². The van der Waals surface area contributed by atoms with Crippen LogP contribution in [0.3, 0.4) is 0 Å². The first-order valence-corrected chi connectivity index (χ1v) is 10.4. The van der Waals surface area contributed by atoms with Gasteiger partial charge in [0.05, 0.1) is 7.11 Å². The van der Waals surface area contributed by atoms with Gasteiger partial charge in [0.2, 0.25) is 5.91 Å². The fourth-order valence-corrected chi connectivity index (χ4v) is 3.12. The molecule has 0 heterocycles. The van der Waals surface area contributed by atoms with E-state index in [4.69, 9.17) is 9.47 Å². The Morgan fingerprint density at radius 1 is 1.07 bits per heavy atom. The van der Waals surface area contributed by atoms with Gasteiger partial charge in [-0.05, 0) is 49.6 Å². The highest BCUT2D eigenvalue weighted by atomic mass is 16.5. The van der Waals surface area contributed by atoms with Gasteiger partial charge in [0, 0.05) is 13.1 Å². The molecule has 1 unspecified atom stereocenters. The van der Waals surface area contributed by atoms with E-state index in [0.717, 1.165) is 17.5 Å². The maximum atomic E-state index is 13.1. The van der Waals surface area contributed by atoms with E-state index in [0.29, 0.717) is 31.0 Å². The third kappa shape index (κ3) is 6.79. The second kappa shape index (κ2) is 11.9. The van der Waals surface area contributed by atoms with Crippen LogP contribution in [0.25, 0.3) is 0 Å². The van der Waals surface area contributed by atoms with Crippen molar-refractivity contribution in [3.05, 3.63) is 59.7 Å². The lowest BCUT2D eigenvalue weighted by Crippen LogP contribution is -2.50. The number of nitrogens with zero attached hydrogens (tertiary/aromatic N) is 1. The molecule has 0 radical (unpaired) electrons. The second-order valence-electron chi connectivity index (χ2n) is 7.19. The molecular weight excluding hydrogens is 380 g/mol. The third-order valence-corrected chi connectivity index (χ3v) is 4.81. The molecule has 0 aliphatic carbocycles. The van der Waals surface area contributed by atoms with Crippen molar-refractivity contribution in [3.63, 3.8) is 0 Å². The van der Waals surface area contributed by atoms with Crippen molar-refractivity contribution in [2.45, 2.75) is 46.2 Å². The number of hydrogen-bond donors (Lipinski definition) is 1. The molecule has 0 bridgehead atoms. The smallest absolute Gasteiger partial charge is 0.261 e. The molecule has 6 nitrogen and oxygen atoms in total. The summed E-state index contributed by atoms with van der Waals surface area (Å²) in [5, 5.41) is 2.91. The Bertz CT molecular complexity index is 820. The molecule has 0 aromatic heterocycles. The lowest BCUT2D eigenvalue weighted by atomic mass is 10.1. The summed E-state index contributed by atoms with van der Waals surface area (Å²) in [5.41, 5.74) is 2.01. The predicted molar refractivity (Wildman–Crippen MR) is 118 cm³/mol. The molecule has 0 saturated heterocycles. The standard InChI is InChI=1S/C24H32N2O4/c1-5-14-25-24(28)22(6-2)26(16-19-8-7-9-21(15-19)29-4)23(27)17-30-20-12-10-18(3)11-13-20/h7-13,15,22H,5-6,14,16-17H2,1-4H3,(H,25,28). The molecule has 2 aromatic carbocycles. The van der Waals surface area contributed by atoms with Gasteiger partial charge in [0.25, 0.3) is 5.91 Å². The van der Waals surface area contributed by atoms with Crippen LogP contribution in [0.1, 0.15) is 37.8 Å². The highest BCUT2D eigenvalue weighted by molar-refractivity contribution is 5.88. The largest absolute Gasteiger partial charge is 0.497 e. The quantitative estimate of drug-likeness (QED) is 0.611. The molecule has 0 saturated carbocycles. The van der Waals surface area contributed by atoms with E-state index in [1.807, 2.05) is 69.3 Å². The molecule has 2 aromatic rings. The Hall–Kier alpha value is -3.02. The molecule has 2 rings (SSSR count). The Kier molecular flexibility index (Phi) is 9.19. The Morgan fingerprint density at radius 2 is 1.80 bits per heavy atom. The topological polar surface area (TPSA) is 67.9 Å². The molecule has 0 aliphatic rings. The van der Waals surface area contributed by atoms with E-state index in [9.17, 15) is 9.59 Å². The van der Waals surface area contributed by atoms with Gasteiger partial charge in [-0.25, -0.2) is 0 Å². The molecule has 0 spiro atoms. The molecule has 162 valence electrons. The van der Waals surface area contributed by atoms with Gasteiger partial charge in [-0.3, -0.25) is 9.59 Å². The Morgan fingerprint density at radius 3 is 2.43 bits per heavy atom. The summed E-state index contributed by atoms with van der Waals surface area (Å²) in [7, 11) is 1.60. The van der Waals surface area contributed by atoms with Crippen LogP contribution in [-0.4, -0.2) is 43.0 Å². The SMILES string of the molecule is CCCNC(=O)C(CC)N(Cc1cccc(OC)c1)C(=O)COc1ccc(C)cc1. The zero-order valence-corrected chi connectivity index (χ0v) is 18.3. The summed E-state index contributed by atoms with van der Waals surface area (Å²) in [5.74, 6) is 0.945.